The third-order valence-corrected chi connectivity index (χ3v) is 4.86. The second kappa shape index (κ2) is 14.1. The van der Waals surface area contributed by atoms with Crippen LogP contribution in [0.25, 0.3) is 0 Å². The van der Waals surface area contributed by atoms with E-state index >= 15 is 0 Å². The van der Waals surface area contributed by atoms with E-state index in [0.717, 1.165) is 45.4 Å². The molecule has 1 atom stereocenters. The van der Waals surface area contributed by atoms with Crippen LogP contribution in [0.4, 0.5) is 0 Å². The third kappa shape index (κ3) is 8.63. The molecule has 0 amide bonds. The van der Waals surface area contributed by atoms with Crippen molar-refractivity contribution in [2.75, 3.05) is 46.5 Å². The van der Waals surface area contributed by atoms with Crippen molar-refractivity contribution in [2.24, 2.45) is 10.9 Å². The van der Waals surface area contributed by atoms with Gasteiger partial charge >= 0.3 is 0 Å². The average Bonchev–Trinajstić information content (AvgIpc) is 2.68. The third-order valence-electron chi connectivity index (χ3n) is 4.86. The van der Waals surface area contributed by atoms with Gasteiger partial charge in [-0.15, -0.1) is 24.0 Å². The van der Waals surface area contributed by atoms with Gasteiger partial charge in [0.15, 0.2) is 5.96 Å². The van der Waals surface area contributed by atoms with Crippen molar-refractivity contribution in [1.29, 1.82) is 0 Å². The summed E-state index contributed by atoms with van der Waals surface area (Å²) in [5.74, 6) is 1.45. The number of guanidine groups is 1. The largest absolute Gasteiger partial charge is 0.380 e. The summed E-state index contributed by atoms with van der Waals surface area (Å²) < 4.78 is 10.7. The van der Waals surface area contributed by atoms with Crippen LogP contribution in [0.5, 0.6) is 0 Å². The van der Waals surface area contributed by atoms with Crippen LogP contribution in [-0.4, -0.2) is 63.4 Å². The number of hydrogen-bond acceptors (Lipinski definition) is 4. The fourth-order valence-electron chi connectivity index (χ4n) is 3.32. The molecule has 0 aliphatic carbocycles. The van der Waals surface area contributed by atoms with E-state index in [1.54, 1.807) is 7.11 Å². The molecule has 0 bridgehead atoms. The Hall–Kier alpha value is -0.900. The molecule has 6 nitrogen and oxygen atoms in total. The number of benzene rings is 1. The van der Waals surface area contributed by atoms with E-state index in [-0.39, 0.29) is 24.0 Å². The number of methoxy groups -OCH3 is 1. The first-order valence-corrected chi connectivity index (χ1v) is 10.0. The van der Waals surface area contributed by atoms with Crippen molar-refractivity contribution in [3.05, 3.63) is 35.4 Å². The van der Waals surface area contributed by atoms with E-state index in [2.05, 4.69) is 60.6 Å². The Morgan fingerprint density at radius 3 is 2.36 bits per heavy atom. The molecule has 1 aromatic rings. The molecule has 7 heteroatoms. The minimum absolute atomic E-state index is 0. The van der Waals surface area contributed by atoms with Crippen LogP contribution < -0.4 is 10.6 Å². The average molecular weight is 504 g/mol. The van der Waals surface area contributed by atoms with Gasteiger partial charge in [0.05, 0.1) is 26.4 Å². The van der Waals surface area contributed by atoms with Gasteiger partial charge in [0.2, 0.25) is 0 Å². The van der Waals surface area contributed by atoms with E-state index in [1.165, 1.54) is 11.1 Å². The summed E-state index contributed by atoms with van der Waals surface area (Å²) in [5, 5.41) is 6.90. The molecule has 1 aliphatic rings. The zero-order chi connectivity index (χ0) is 19.5. The van der Waals surface area contributed by atoms with Crippen molar-refractivity contribution in [2.45, 2.75) is 40.0 Å². The quantitative estimate of drug-likeness (QED) is 0.308. The van der Waals surface area contributed by atoms with Crippen LogP contribution >= 0.6 is 24.0 Å². The minimum atomic E-state index is 0. The Labute approximate surface area is 187 Å². The van der Waals surface area contributed by atoms with Gasteiger partial charge in [-0.25, -0.2) is 4.99 Å². The van der Waals surface area contributed by atoms with Gasteiger partial charge in [0.25, 0.3) is 0 Å². The molecule has 2 rings (SSSR count). The van der Waals surface area contributed by atoms with Crippen LogP contribution in [0.2, 0.25) is 0 Å². The predicted molar refractivity (Wildman–Crippen MR) is 126 cm³/mol. The van der Waals surface area contributed by atoms with Crippen molar-refractivity contribution in [1.82, 2.24) is 15.5 Å². The molecule has 1 fully saturated rings. The predicted octanol–water partition coefficient (Wildman–Crippen LogP) is 2.86. The van der Waals surface area contributed by atoms with Gasteiger partial charge < -0.3 is 20.1 Å². The molecule has 2 N–H and O–H groups in total. The molecular formula is C21H37IN4O2. The second-order valence-electron chi connectivity index (χ2n) is 7.29. The highest BCUT2D eigenvalue weighted by atomic mass is 127. The first kappa shape index (κ1) is 25.1. The maximum Gasteiger partial charge on any atom is 0.191 e. The van der Waals surface area contributed by atoms with Crippen LogP contribution in [0, 0.1) is 5.92 Å². The maximum absolute atomic E-state index is 5.50. The summed E-state index contributed by atoms with van der Waals surface area (Å²) in [4.78, 5) is 7.28. The van der Waals surface area contributed by atoms with E-state index in [9.17, 15) is 0 Å². The van der Waals surface area contributed by atoms with E-state index in [1.807, 2.05) is 0 Å². The SMILES string of the molecule is CCNC(=NCc1ccc(COC)cc1)NCC(C(C)C)N1CCOCC1.I. The summed E-state index contributed by atoms with van der Waals surface area (Å²) >= 11 is 0. The van der Waals surface area contributed by atoms with Gasteiger partial charge in [0, 0.05) is 39.3 Å². The summed E-state index contributed by atoms with van der Waals surface area (Å²) in [6.07, 6.45) is 0. The number of halogens is 1. The summed E-state index contributed by atoms with van der Waals surface area (Å²) in [6.45, 7) is 13.4. The molecule has 28 heavy (non-hydrogen) atoms. The number of hydrogen-bond donors (Lipinski definition) is 2. The molecule has 1 heterocycles. The van der Waals surface area contributed by atoms with Gasteiger partial charge in [-0.05, 0) is 24.0 Å². The number of aliphatic imine (C=N–C) groups is 1. The smallest absolute Gasteiger partial charge is 0.191 e. The van der Waals surface area contributed by atoms with Crippen LogP contribution in [0.3, 0.4) is 0 Å². The number of nitrogens with one attached hydrogen (secondary N) is 2. The molecule has 1 unspecified atom stereocenters. The highest BCUT2D eigenvalue weighted by Gasteiger charge is 2.23. The Morgan fingerprint density at radius 1 is 1.14 bits per heavy atom. The highest BCUT2D eigenvalue weighted by Crippen LogP contribution is 2.12. The standard InChI is InChI=1S/C21H36N4O2.HI/c1-5-22-21(23-14-18-6-8-19(9-7-18)16-26-4)24-15-20(17(2)3)25-10-12-27-13-11-25;/h6-9,17,20H,5,10-16H2,1-4H3,(H2,22,23,24);1H. The Balaban J connectivity index is 0.00000392. The Bertz CT molecular complexity index is 560. The van der Waals surface area contributed by atoms with Gasteiger partial charge in [-0.1, -0.05) is 38.1 Å². The van der Waals surface area contributed by atoms with Crippen molar-refractivity contribution < 1.29 is 9.47 Å². The van der Waals surface area contributed by atoms with Crippen LogP contribution in [-0.2, 0) is 22.6 Å². The summed E-state index contributed by atoms with van der Waals surface area (Å²) in [7, 11) is 1.72. The zero-order valence-electron chi connectivity index (χ0n) is 17.7. The summed E-state index contributed by atoms with van der Waals surface area (Å²) in [5.41, 5.74) is 2.38. The van der Waals surface area contributed by atoms with Crippen molar-refractivity contribution in [3.8, 4) is 0 Å². The van der Waals surface area contributed by atoms with E-state index in [0.29, 0.717) is 25.1 Å². The lowest BCUT2D eigenvalue weighted by Gasteiger charge is -2.37. The monoisotopic (exact) mass is 504 g/mol. The van der Waals surface area contributed by atoms with Gasteiger partial charge in [-0.2, -0.15) is 0 Å². The first-order valence-electron chi connectivity index (χ1n) is 10.0. The molecule has 0 aromatic heterocycles. The Morgan fingerprint density at radius 2 is 1.79 bits per heavy atom. The number of nitrogens with zero attached hydrogens (tertiary/aromatic N) is 2. The molecule has 0 spiro atoms. The number of ether oxygens (including phenoxy) is 2. The molecule has 160 valence electrons. The van der Waals surface area contributed by atoms with Gasteiger partial charge in [0.1, 0.15) is 0 Å². The first-order chi connectivity index (χ1) is 13.1. The molecular weight excluding hydrogens is 467 g/mol. The fourth-order valence-corrected chi connectivity index (χ4v) is 3.32. The van der Waals surface area contributed by atoms with Crippen molar-refractivity contribution in [3.63, 3.8) is 0 Å². The molecule has 0 radical (unpaired) electrons. The van der Waals surface area contributed by atoms with Crippen molar-refractivity contribution >= 4 is 29.9 Å². The van der Waals surface area contributed by atoms with Crippen LogP contribution in [0.1, 0.15) is 31.9 Å². The zero-order valence-corrected chi connectivity index (χ0v) is 20.1. The topological polar surface area (TPSA) is 58.1 Å². The second-order valence-corrected chi connectivity index (χ2v) is 7.29. The van der Waals surface area contributed by atoms with E-state index < -0.39 is 0 Å². The molecule has 1 aromatic carbocycles. The lowest BCUT2D eigenvalue weighted by atomic mass is 10.0. The molecule has 0 saturated carbocycles. The Kier molecular flexibility index (Phi) is 12.7. The number of rotatable bonds is 9. The maximum atomic E-state index is 5.50. The lowest BCUT2D eigenvalue weighted by molar-refractivity contribution is 0.00752. The fraction of sp³-hybridized carbons (Fsp3) is 0.667. The minimum Gasteiger partial charge on any atom is -0.380 e. The molecule has 1 aliphatic heterocycles. The van der Waals surface area contributed by atoms with Crippen LogP contribution in [0.15, 0.2) is 29.3 Å². The van der Waals surface area contributed by atoms with E-state index in [4.69, 9.17) is 14.5 Å². The normalized spacial score (nSPS) is 16.5. The number of morpholine rings is 1. The summed E-state index contributed by atoms with van der Waals surface area (Å²) in [6, 6.07) is 8.91. The van der Waals surface area contributed by atoms with Gasteiger partial charge in [-0.3, -0.25) is 4.90 Å². The highest BCUT2D eigenvalue weighted by molar-refractivity contribution is 14.0. The molecule has 1 saturated heterocycles. The lowest BCUT2D eigenvalue weighted by Crippen LogP contribution is -2.52.